The fourth-order valence-electron chi connectivity index (χ4n) is 2.78. The van der Waals surface area contributed by atoms with Crippen LogP contribution < -0.4 is 5.32 Å². The summed E-state index contributed by atoms with van der Waals surface area (Å²) in [6.07, 6.45) is 1.24. The van der Waals surface area contributed by atoms with E-state index in [0.29, 0.717) is 10.8 Å². The minimum Gasteiger partial charge on any atom is -0.325 e. The van der Waals surface area contributed by atoms with Crippen LogP contribution in [-0.4, -0.2) is 30.8 Å². The number of hydrogen-bond acceptors (Lipinski definition) is 4. The van der Waals surface area contributed by atoms with Gasteiger partial charge in [0.05, 0.1) is 22.0 Å². The molecule has 0 aliphatic carbocycles. The number of sulfone groups is 1. The van der Waals surface area contributed by atoms with Crippen LogP contribution in [0.5, 0.6) is 0 Å². The lowest BCUT2D eigenvalue weighted by molar-refractivity contribution is 0.342. The number of fused-ring (bicyclic) bond motifs is 3. The van der Waals surface area contributed by atoms with Crippen molar-refractivity contribution in [1.82, 2.24) is 14.9 Å². The van der Waals surface area contributed by atoms with Crippen LogP contribution in [0.25, 0.3) is 11.0 Å². The summed E-state index contributed by atoms with van der Waals surface area (Å²) in [7, 11) is -3.19. The smallest absolute Gasteiger partial charge is 0.175 e. The maximum Gasteiger partial charge on any atom is 0.175 e. The highest BCUT2D eigenvalue weighted by Gasteiger charge is 2.26. The molecule has 1 atom stereocenters. The second-order valence-electron chi connectivity index (χ2n) is 5.72. The van der Waals surface area contributed by atoms with Crippen molar-refractivity contribution in [2.75, 3.05) is 12.8 Å². The summed E-state index contributed by atoms with van der Waals surface area (Å²) in [6.45, 7) is 6.02. The van der Waals surface area contributed by atoms with E-state index in [2.05, 4.69) is 28.7 Å². The Kier molecular flexibility index (Phi) is 3.10. The van der Waals surface area contributed by atoms with Crippen molar-refractivity contribution in [3.63, 3.8) is 0 Å². The van der Waals surface area contributed by atoms with Crippen LogP contribution in [0.2, 0.25) is 0 Å². The molecular weight excluding hydrogens is 274 g/mol. The van der Waals surface area contributed by atoms with Crippen LogP contribution in [0, 0.1) is 5.92 Å². The molecule has 2 heterocycles. The monoisotopic (exact) mass is 293 g/mol. The molecule has 0 radical (unpaired) electrons. The van der Waals surface area contributed by atoms with Crippen LogP contribution >= 0.6 is 0 Å². The van der Waals surface area contributed by atoms with E-state index in [1.807, 2.05) is 0 Å². The predicted octanol–water partition coefficient (Wildman–Crippen LogP) is 1.74. The van der Waals surface area contributed by atoms with Gasteiger partial charge < -0.3 is 9.88 Å². The van der Waals surface area contributed by atoms with E-state index in [0.717, 1.165) is 29.9 Å². The van der Waals surface area contributed by atoms with Gasteiger partial charge in [0.1, 0.15) is 5.82 Å². The highest BCUT2D eigenvalue weighted by molar-refractivity contribution is 7.90. The summed E-state index contributed by atoms with van der Waals surface area (Å²) >= 11 is 0. The largest absolute Gasteiger partial charge is 0.325 e. The topological polar surface area (TPSA) is 64.0 Å². The number of benzene rings is 1. The average molecular weight is 293 g/mol. The minimum atomic E-state index is -3.19. The van der Waals surface area contributed by atoms with Gasteiger partial charge in [0.2, 0.25) is 0 Å². The second kappa shape index (κ2) is 4.56. The standard InChI is InChI=1S/C14H19N3O2S/c1-9(2)13-14-16-11-5-4-10(20(3,18)19)8-12(11)17(14)7-6-15-13/h4-5,8-9,13,15H,6-7H2,1-3H3. The van der Waals surface area contributed by atoms with Gasteiger partial charge in [0.15, 0.2) is 9.84 Å². The molecule has 0 saturated heterocycles. The Bertz CT molecular complexity index is 762. The average Bonchev–Trinajstić information content (AvgIpc) is 2.74. The van der Waals surface area contributed by atoms with E-state index < -0.39 is 9.84 Å². The number of nitrogens with one attached hydrogen (secondary N) is 1. The van der Waals surface area contributed by atoms with Crippen molar-refractivity contribution >= 4 is 20.9 Å². The molecular formula is C14H19N3O2S. The SMILES string of the molecule is CC(C)C1NCCn2c1nc1ccc(S(C)(=O)=O)cc12. The number of imidazole rings is 1. The molecule has 1 aromatic heterocycles. The molecule has 1 unspecified atom stereocenters. The first-order valence-corrected chi connectivity index (χ1v) is 8.70. The van der Waals surface area contributed by atoms with E-state index in [4.69, 9.17) is 0 Å². The van der Waals surface area contributed by atoms with Gasteiger partial charge in [-0.1, -0.05) is 13.8 Å². The van der Waals surface area contributed by atoms with Crippen LogP contribution in [0.3, 0.4) is 0 Å². The van der Waals surface area contributed by atoms with Crippen LogP contribution in [0.1, 0.15) is 25.7 Å². The van der Waals surface area contributed by atoms with Gasteiger partial charge >= 0.3 is 0 Å². The lowest BCUT2D eigenvalue weighted by atomic mass is 10.0. The van der Waals surface area contributed by atoms with Gasteiger partial charge in [-0.05, 0) is 24.1 Å². The lowest BCUT2D eigenvalue weighted by Crippen LogP contribution is -2.36. The summed E-state index contributed by atoms with van der Waals surface area (Å²) in [5.74, 6) is 1.45. The molecule has 0 amide bonds. The van der Waals surface area contributed by atoms with Gasteiger partial charge in [0, 0.05) is 19.3 Å². The molecule has 1 N–H and O–H groups in total. The van der Waals surface area contributed by atoms with Crippen LogP contribution in [0.4, 0.5) is 0 Å². The second-order valence-corrected chi connectivity index (χ2v) is 7.74. The van der Waals surface area contributed by atoms with Crippen molar-refractivity contribution in [2.24, 2.45) is 5.92 Å². The van der Waals surface area contributed by atoms with Gasteiger partial charge in [-0.15, -0.1) is 0 Å². The van der Waals surface area contributed by atoms with Crippen molar-refractivity contribution < 1.29 is 8.42 Å². The first-order chi connectivity index (χ1) is 9.38. The highest BCUT2D eigenvalue weighted by atomic mass is 32.2. The fraction of sp³-hybridized carbons (Fsp3) is 0.500. The molecule has 108 valence electrons. The van der Waals surface area contributed by atoms with Gasteiger partial charge in [0.25, 0.3) is 0 Å². The Hall–Kier alpha value is -1.40. The summed E-state index contributed by atoms with van der Waals surface area (Å²) in [4.78, 5) is 5.04. The van der Waals surface area contributed by atoms with E-state index in [9.17, 15) is 8.42 Å². The first-order valence-electron chi connectivity index (χ1n) is 6.81. The van der Waals surface area contributed by atoms with E-state index in [-0.39, 0.29) is 6.04 Å². The zero-order valence-corrected chi connectivity index (χ0v) is 12.7. The molecule has 20 heavy (non-hydrogen) atoms. The van der Waals surface area contributed by atoms with Crippen molar-refractivity contribution in [3.8, 4) is 0 Å². The molecule has 2 aromatic rings. The summed E-state index contributed by atoms with van der Waals surface area (Å²) in [6, 6.07) is 5.39. The molecule has 0 saturated carbocycles. The van der Waals surface area contributed by atoms with Crippen LogP contribution in [0.15, 0.2) is 23.1 Å². The number of rotatable bonds is 2. The van der Waals surface area contributed by atoms with E-state index >= 15 is 0 Å². The first kappa shape index (κ1) is 13.6. The third-order valence-electron chi connectivity index (χ3n) is 3.82. The third kappa shape index (κ3) is 2.13. The summed E-state index contributed by atoms with van der Waals surface area (Å²) < 4.78 is 25.5. The Morgan fingerprint density at radius 2 is 2.15 bits per heavy atom. The van der Waals surface area contributed by atoms with Gasteiger partial charge in [-0.3, -0.25) is 0 Å². The van der Waals surface area contributed by atoms with Crippen molar-refractivity contribution in [2.45, 2.75) is 31.3 Å². The molecule has 0 spiro atoms. The maximum absolute atomic E-state index is 11.7. The highest BCUT2D eigenvalue weighted by Crippen LogP contribution is 2.29. The van der Waals surface area contributed by atoms with Crippen molar-refractivity contribution in [1.29, 1.82) is 0 Å². The predicted molar refractivity (Wildman–Crippen MR) is 78.4 cm³/mol. The van der Waals surface area contributed by atoms with E-state index in [1.165, 1.54) is 6.26 Å². The molecule has 0 fully saturated rings. The maximum atomic E-state index is 11.7. The molecule has 5 nitrogen and oxygen atoms in total. The summed E-state index contributed by atoms with van der Waals surface area (Å²) in [5.41, 5.74) is 1.77. The minimum absolute atomic E-state index is 0.220. The van der Waals surface area contributed by atoms with Crippen molar-refractivity contribution in [3.05, 3.63) is 24.0 Å². The zero-order valence-electron chi connectivity index (χ0n) is 11.9. The van der Waals surface area contributed by atoms with Gasteiger partial charge in [-0.2, -0.15) is 0 Å². The zero-order chi connectivity index (χ0) is 14.5. The van der Waals surface area contributed by atoms with Gasteiger partial charge in [-0.25, -0.2) is 13.4 Å². The normalized spacial score (nSPS) is 19.5. The van der Waals surface area contributed by atoms with E-state index in [1.54, 1.807) is 18.2 Å². The number of hydrogen-bond donors (Lipinski definition) is 1. The van der Waals surface area contributed by atoms with Crippen LogP contribution in [-0.2, 0) is 16.4 Å². The molecule has 6 heteroatoms. The Labute approximate surface area is 118 Å². The quantitative estimate of drug-likeness (QED) is 0.916. The number of aromatic nitrogens is 2. The fourth-order valence-corrected chi connectivity index (χ4v) is 3.42. The molecule has 1 aliphatic rings. The third-order valence-corrected chi connectivity index (χ3v) is 4.93. The molecule has 0 bridgehead atoms. The summed E-state index contributed by atoms with van der Waals surface area (Å²) in [5, 5.41) is 3.48. The number of nitrogens with zero attached hydrogens (tertiary/aromatic N) is 2. The molecule has 1 aliphatic heterocycles. The molecule has 1 aromatic carbocycles. The Morgan fingerprint density at radius 3 is 2.80 bits per heavy atom. The Morgan fingerprint density at radius 1 is 1.40 bits per heavy atom. The lowest BCUT2D eigenvalue weighted by Gasteiger charge is -2.28. The Balaban J connectivity index is 2.22. The molecule has 3 rings (SSSR count).